The molecule has 90 valence electrons. The zero-order valence-corrected chi connectivity index (χ0v) is 10.9. The van der Waals surface area contributed by atoms with E-state index in [1.54, 1.807) is 0 Å². The van der Waals surface area contributed by atoms with Crippen LogP contribution in [0.3, 0.4) is 0 Å². The average molecular weight is 231 g/mol. The van der Waals surface area contributed by atoms with Crippen LogP contribution in [0.5, 0.6) is 0 Å². The maximum absolute atomic E-state index is 5.53. The van der Waals surface area contributed by atoms with Gasteiger partial charge in [0.1, 0.15) is 0 Å². The molecule has 0 aromatic carbocycles. The molecule has 2 unspecified atom stereocenters. The van der Waals surface area contributed by atoms with Crippen molar-refractivity contribution in [3.8, 4) is 0 Å². The summed E-state index contributed by atoms with van der Waals surface area (Å²) in [5, 5.41) is 4.45. The zero-order valence-electron chi connectivity index (χ0n) is 10.1. The minimum absolute atomic E-state index is 0.731. The number of nitrogens with one attached hydrogen (secondary N) is 1. The Balaban J connectivity index is 1.95. The molecule has 0 aliphatic heterocycles. The Labute approximate surface area is 98.5 Å². The molecule has 1 rings (SSSR count). The molecular formula is C12H25NOS. The first-order valence-electron chi connectivity index (χ1n) is 6.22. The highest BCUT2D eigenvalue weighted by atomic mass is 32.2. The van der Waals surface area contributed by atoms with E-state index in [1.165, 1.54) is 32.1 Å². The summed E-state index contributed by atoms with van der Waals surface area (Å²) in [4.78, 5) is 0. The van der Waals surface area contributed by atoms with E-state index < -0.39 is 0 Å². The predicted molar refractivity (Wildman–Crippen MR) is 68.7 cm³/mol. The van der Waals surface area contributed by atoms with Gasteiger partial charge in [-0.05, 0) is 25.5 Å². The van der Waals surface area contributed by atoms with Gasteiger partial charge in [0.25, 0.3) is 0 Å². The molecule has 3 heteroatoms. The van der Waals surface area contributed by atoms with E-state index >= 15 is 0 Å². The van der Waals surface area contributed by atoms with Gasteiger partial charge >= 0.3 is 0 Å². The van der Waals surface area contributed by atoms with Crippen LogP contribution in [0.4, 0.5) is 0 Å². The summed E-state index contributed by atoms with van der Waals surface area (Å²) in [7, 11) is 0. The molecule has 1 fully saturated rings. The third-order valence-electron chi connectivity index (χ3n) is 3.05. The van der Waals surface area contributed by atoms with Crippen LogP contribution >= 0.6 is 11.8 Å². The summed E-state index contributed by atoms with van der Waals surface area (Å²) < 4.78 is 5.53. The van der Waals surface area contributed by atoms with Crippen molar-refractivity contribution < 1.29 is 4.74 Å². The van der Waals surface area contributed by atoms with Crippen molar-refractivity contribution in [1.29, 1.82) is 0 Å². The second-order valence-electron chi connectivity index (χ2n) is 4.23. The maximum Gasteiger partial charge on any atom is 0.0591 e. The van der Waals surface area contributed by atoms with E-state index in [4.69, 9.17) is 4.74 Å². The Morgan fingerprint density at radius 1 is 1.33 bits per heavy atom. The van der Waals surface area contributed by atoms with E-state index in [2.05, 4.69) is 18.5 Å². The summed E-state index contributed by atoms with van der Waals surface area (Å²) in [6.45, 7) is 5.01. The molecule has 0 amide bonds. The van der Waals surface area contributed by atoms with Crippen molar-refractivity contribution in [2.45, 2.75) is 50.3 Å². The largest absolute Gasteiger partial charge is 0.380 e. The highest BCUT2D eigenvalue weighted by Gasteiger charge is 2.25. The van der Waals surface area contributed by atoms with Gasteiger partial charge in [-0.1, -0.05) is 19.8 Å². The van der Waals surface area contributed by atoms with Crippen LogP contribution in [0.25, 0.3) is 0 Å². The number of rotatable bonds is 8. The molecular weight excluding hydrogens is 206 g/mol. The molecule has 2 atom stereocenters. The first-order valence-corrected chi connectivity index (χ1v) is 7.51. The van der Waals surface area contributed by atoms with E-state index in [9.17, 15) is 0 Å². The Bertz CT molecular complexity index is 155. The fourth-order valence-corrected chi connectivity index (χ4v) is 3.07. The number of thioether (sulfide) groups is 1. The quantitative estimate of drug-likeness (QED) is 0.649. The molecule has 2 nitrogen and oxygen atoms in total. The predicted octanol–water partition coefficient (Wildman–Crippen LogP) is 2.68. The first-order chi connectivity index (χ1) is 7.38. The zero-order chi connectivity index (χ0) is 10.9. The van der Waals surface area contributed by atoms with Crippen LogP contribution in [0.15, 0.2) is 0 Å². The van der Waals surface area contributed by atoms with Gasteiger partial charge in [-0.25, -0.2) is 0 Å². The van der Waals surface area contributed by atoms with Gasteiger partial charge in [-0.15, -0.1) is 0 Å². The van der Waals surface area contributed by atoms with Gasteiger partial charge in [0.2, 0.25) is 0 Å². The maximum atomic E-state index is 5.53. The van der Waals surface area contributed by atoms with Crippen LogP contribution in [-0.2, 0) is 4.74 Å². The summed E-state index contributed by atoms with van der Waals surface area (Å²) in [6, 6.07) is 0.731. The molecule has 1 N–H and O–H groups in total. The van der Waals surface area contributed by atoms with Crippen LogP contribution in [0, 0.1) is 0 Å². The summed E-state index contributed by atoms with van der Waals surface area (Å²) in [6.07, 6.45) is 8.76. The number of unbranched alkanes of at least 4 members (excludes halogenated alkanes) is 1. The Hall–Kier alpha value is 0.270. The van der Waals surface area contributed by atoms with E-state index in [-0.39, 0.29) is 0 Å². The molecule has 15 heavy (non-hydrogen) atoms. The molecule has 0 spiro atoms. The topological polar surface area (TPSA) is 21.3 Å². The van der Waals surface area contributed by atoms with Gasteiger partial charge < -0.3 is 10.1 Å². The summed E-state index contributed by atoms with van der Waals surface area (Å²) >= 11 is 2.01. The summed E-state index contributed by atoms with van der Waals surface area (Å²) in [5.41, 5.74) is 0. The van der Waals surface area contributed by atoms with Crippen molar-refractivity contribution in [2.24, 2.45) is 0 Å². The molecule has 1 aliphatic rings. The van der Waals surface area contributed by atoms with Gasteiger partial charge in [0, 0.05) is 24.4 Å². The molecule has 1 saturated carbocycles. The van der Waals surface area contributed by atoms with Crippen LogP contribution in [0.2, 0.25) is 0 Å². The second-order valence-corrected chi connectivity index (χ2v) is 5.31. The average Bonchev–Trinajstić information content (AvgIpc) is 2.70. The van der Waals surface area contributed by atoms with E-state index in [1.807, 2.05) is 11.8 Å². The molecule has 0 radical (unpaired) electrons. The molecule has 0 saturated heterocycles. The van der Waals surface area contributed by atoms with Gasteiger partial charge in [0.05, 0.1) is 6.61 Å². The van der Waals surface area contributed by atoms with Crippen LogP contribution in [0.1, 0.15) is 39.0 Å². The van der Waals surface area contributed by atoms with Gasteiger partial charge in [0.15, 0.2) is 0 Å². The molecule has 0 aromatic heterocycles. The molecule has 0 aromatic rings. The third-order valence-corrected chi connectivity index (χ3v) is 4.22. The number of ether oxygens (including phenoxy) is 1. The van der Waals surface area contributed by atoms with Crippen molar-refractivity contribution >= 4 is 11.8 Å². The molecule has 1 aliphatic carbocycles. The fraction of sp³-hybridized carbons (Fsp3) is 1.00. The SMILES string of the molecule is CCCCOCCNC1CCCC1SC. The second kappa shape index (κ2) is 8.43. The van der Waals surface area contributed by atoms with Crippen LogP contribution in [-0.4, -0.2) is 37.3 Å². The van der Waals surface area contributed by atoms with Crippen molar-refractivity contribution in [2.75, 3.05) is 26.0 Å². The monoisotopic (exact) mass is 231 g/mol. The normalized spacial score (nSPS) is 26.0. The Morgan fingerprint density at radius 3 is 2.93 bits per heavy atom. The lowest BCUT2D eigenvalue weighted by Crippen LogP contribution is -2.36. The van der Waals surface area contributed by atoms with E-state index in [0.717, 1.165) is 31.1 Å². The molecule has 0 bridgehead atoms. The molecule has 0 heterocycles. The lowest BCUT2D eigenvalue weighted by molar-refractivity contribution is 0.131. The highest BCUT2D eigenvalue weighted by Crippen LogP contribution is 2.28. The fourth-order valence-electron chi connectivity index (χ4n) is 2.11. The first kappa shape index (κ1) is 13.3. The third kappa shape index (κ3) is 5.23. The van der Waals surface area contributed by atoms with Gasteiger partial charge in [-0.2, -0.15) is 11.8 Å². The Kier molecular flexibility index (Phi) is 7.49. The standard InChI is InChI=1S/C12H25NOS/c1-3-4-9-14-10-8-13-11-6-5-7-12(11)15-2/h11-13H,3-10H2,1-2H3. The summed E-state index contributed by atoms with van der Waals surface area (Å²) in [5.74, 6) is 0. The van der Waals surface area contributed by atoms with Crippen LogP contribution < -0.4 is 5.32 Å². The minimum Gasteiger partial charge on any atom is -0.380 e. The minimum atomic E-state index is 0.731. The van der Waals surface area contributed by atoms with Gasteiger partial charge in [-0.3, -0.25) is 0 Å². The van der Waals surface area contributed by atoms with Crippen molar-refractivity contribution in [1.82, 2.24) is 5.32 Å². The lowest BCUT2D eigenvalue weighted by Gasteiger charge is -2.19. The van der Waals surface area contributed by atoms with Crippen molar-refractivity contribution in [3.63, 3.8) is 0 Å². The Morgan fingerprint density at radius 2 is 2.20 bits per heavy atom. The smallest absolute Gasteiger partial charge is 0.0591 e. The lowest BCUT2D eigenvalue weighted by atomic mass is 10.2. The highest BCUT2D eigenvalue weighted by molar-refractivity contribution is 7.99. The number of hydrogen-bond donors (Lipinski definition) is 1. The number of hydrogen-bond acceptors (Lipinski definition) is 3. The van der Waals surface area contributed by atoms with Crippen molar-refractivity contribution in [3.05, 3.63) is 0 Å². The van der Waals surface area contributed by atoms with E-state index in [0.29, 0.717) is 0 Å².